The van der Waals surface area contributed by atoms with E-state index >= 15 is 0 Å². The normalized spacial score (nSPS) is 17.5. The summed E-state index contributed by atoms with van der Waals surface area (Å²) in [6, 6.07) is 0. The molecule has 0 saturated heterocycles. The molecule has 4 rings (SSSR count). The van der Waals surface area contributed by atoms with Gasteiger partial charge in [-0.1, -0.05) is 24.5 Å². The van der Waals surface area contributed by atoms with Crippen LogP contribution in [-0.2, 0) is 18.4 Å². The lowest BCUT2D eigenvalue weighted by atomic mass is 9.98. The third kappa shape index (κ3) is 5.37. The molecule has 2 saturated carbocycles. The van der Waals surface area contributed by atoms with E-state index in [1.165, 1.54) is 44.9 Å². The first-order valence-corrected chi connectivity index (χ1v) is 11.8. The van der Waals surface area contributed by atoms with E-state index < -0.39 is 0 Å². The minimum Gasteiger partial charge on any atom is -0.473 e. The zero-order valence-corrected chi connectivity index (χ0v) is 19.4. The number of hydrogen-bond acceptors (Lipinski definition) is 7. The number of carbonyl (C=O) groups is 1. The number of ether oxygens (including phenoxy) is 2. The molecule has 2 aromatic rings. The molecule has 2 aliphatic carbocycles. The second kappa shape index (κ2) is 10.3. The van der Waals surface area contributed by atoms with Gasteiger partial charge in [0.05, 0.1) is 6.20 Å². The fraction of sp³-hybridized carbons (Fsp3) is 0.696. The lowest BCUT2D eigenvalue weighted by Gasteiger charge is -2.22. The van der Waals surface area contributed by atoms with E-state index in [1.807, 2.05) is 6.92 Å². The van der Waals surface area contributed by atoms with Gasteiger partial charge in [-0.3, -0.25) is 0 Å². The zero-order valence-electron chi connectivity index (χ0n) is 19.4. The van der Waals surface area contributed by atoms with Crippen molar-refractivity contribution in [2.75, 3.05) is 13.6 Å². The molecule has 0 atom stereocenters. The smallest absolute Gasteiger partial charge is 0.409 e. The van der Waals surface area contributed by atoms with Gasteiger partial charge >= 0.3 is 6.09 Å². The number of hydrogen-bond donors (Lipinski definition) is 0. The molecule has 2 fully saturated rings. The lowest BCUT2D eigenvalue weighted by Crippen LogP contribution is -2.31. The second-order valence-corrected chi connectivity index (χ2v) is 9.12. The van der Waals surface area contributed by atoms with Crippen molar-refractivity contribution >= 4 is 6.09 Å². The monoisotopic (exact) mass is 442 g/mol. The van der Waals surface area contributed by atoms with Gasteiger partial charge in [0.2, 0.25) is 5.88 Å². The summed E-state index contributed by atoms with van der Waals surface area (Å²) in [4.78, 5) is 23.3. The molecule has 0 N–H and O–H groups in total. The van der Waals surface area contributed by atoms with E-state index in [0.29, 0.717) is 28.9 Å². The molecule has 0 aliphatic heterocycles. The van der Waals surface area contributed by atoms with Gasteiger partial charge in [0, 0.05) is 20.6 Å². The van der Waals surface area contributed by atoms with E-state index in [1.54, 1.807) is 29.9 Å². The maximum absolute atomic E-state index is 12.5. The molecule has 1 amide bonds. The zero-order chi connectivity index (χ0) is 22.5. The van der Waals surface area contributed by atoms with Crippen molar-refractivity contribution in [3.63, 3.8) is 0 Å². The van der Waals surface area contributed by atoms with Crippen LogP contribution in [0.15, 0.2) is 6.20 Å². The maximum atomic E-state index is 12.5. The Morgan fingerprint density at radius 1 is 1.16 bits per heavy atom. The molecule has 9 nitrogen and oxygen atoms in total. The number of nitrogens with zero attached hydrogens (tertiary/aromatic N) is 6. The highest BCUT2D eigenvalue weighted by atomic mass is 16.6. The lowest BCUT2D eigenvalue weighted by molar-refractivity contribution is 0.0977. The van der Waals surface area contributed by atoms with Crippen LogP contribution < -0.4 is 4.74 Å². The Bertz CT molecular complexity index is 918. The highest BCUT2D eigenvalue weighted by Crippen LogP contribution is 2.27. The van der Waals surface area contributed by atoms with Gasteiger partial charge in [0.1, 0.15) is 35.5 Å². The Morgan fingerprint density at radius 2 is 1.88 bits per heavy atom. The molecule has 2 heterocycles. The van der Waals surface area contributed by atoms with Gasteiger partial charge in [0.25, 0.3) is 0 Å². The van der Waals surface area contributed by atoms with Crippen molar-refractivity contribution in [3.05, 3.63) is 17.6 Å². The van der Waals surface area contributed by atoms with E-state index in [-0.39, 0.29) is 18.8 Å². The van der Waals surface area contributed by atoms with Crippen LogP contribution in [0.3, 0.4) is 0 Å². The summed E-state index contributed by atoms with van der Waals surface area (Å²) in [5, 5.41) is 8.35. The number of aryl methyl sites for hydroxylation is 2. The summed E-state index contributed by atoms with van der Waals surface area (Å²) in [5.74, 6) is 1.15. The SMILES string of the molecule is Cc1nc(-c2nnn(C)c2COC(=O)N(C)CC2CCCC2)cnc1OC1CCCCC1. The maximum Gasteiger partial charge on any atom is 0.409 e. The first-order chi connectivity index (χ1) is 15.5. The molecule has 32 heavy (non-hydrogen) atoms. The van der Waals surface area contributed by atoms with Gasteiger partial charge in [-0.25, -0.2) is 19.4 Å². The molecule has 0 aromatic carbocycles. The largest absolute Gasteiger partial charge is 0.473 e. The average Bonchev–Trinajstić information content (AvgIpc) is 3.43. The predicted octanol–water partition coefficient (Wildman–Crippen LogP) is 4.05. The molecule has 2 aromatic heterocycles. The predicted molar refractivity (Wildman–Crippen MR) is 119 cm³/mol. The van der Waals surface area contributed by atoms with E-state index in [9.17, 15) is 4.79 Å². The molecule has 0 bridgehead atoms. The average molecular weight is 443 g/mol. The van der Waals surface area contributed by atoms with Gasteiger partial charge in [-0.05, 0) is 51.4 Å². The van der Waals surface area contributed by atoms with Gasteiger partial charge in [-0.2, -0.15) is 0 Å². The third-order valence-corrected chi connectivity index (χ3v) is 6.57. The number of aromatic nitrogens is 5. The van der Waals surface area contributed by atoms with Gasteiger partial charge in [-0.15, -0.1) is 5.10 Å². The van der Waals surface area contributed by atoms with Crippen LogP contribution in [0.4, 0.5) is 4.79 Å². The fourth-order valence-corrected chi connectivity index (χ4v) is 4.67. The quantitative estimate of drug-likeness (QED) is 0.638. The second-order valence-electron chi connectivity index (χ2n) is 9.12. The Labute approximate surface area is 189 Å². The van der Waals surface area contributed by atoms with Gasteiger partial charge < -0.3 is 14.4 Å². The van der Waals surface area contributed by atoms with Crippen LogP contribution in [0, 0.1) is 12.8 Å². The van der Waals surface area contributed by atoms with Crippen LogP contribution in [0.5, 0.6) is 5.88 Å². The van der Waals surface area contributed by atoms with Crippen LogP contribution in [-0.4, -0.2) is 55.7 Å². The molecule has 0 unspecified atom stereocenters. The van der Waals surface area contributed by atoms with Crippen LogP contribution >= 0.6 is 0 Å². The minimum atomic E-state index is -0.331. The van der Waals surface area contributed by atoms with Crippen molar-refractivity contribution in [1.82, 2.24) is 29.9 Å². The Kier molecular flexibility index (Phi) is 7.22. The Balaban J connectivity index is 1.40. The molecule has 0 radical (unpaired) electrons. The number of rotatable bonds is 7. The highest BCUT2D eigenvalue weighted by Gasteiger charge is 2.23. The first kappa shape index (κ1) is 22.5. The van der Waals surface area contributed by atoms with Crippen molar-refractivity contribution in [2.45, 2.75) is 77.4 Å². The van der Waals surface area contributed by atoms with Crippen LogP contribution in [0.25, 0.3) is 11.4 Å². The number of carbonyl (C=O) groups excluding carboxylic acids is 1. The summed E-state index contributed by atoms with van der Waals surface area (Å²) in [6.45, 7) is 2.71. The molecule has 174 valence electrons. The summed E-state index contributed by atoms with van der Waals surface area (Å²) in [7, 11) is 3.58. The van der Waals surface area contributed by atoms with Crippen LogP contribution in [0.1, 0.15) is 69.2 Å². The Hall–Kier alpha value is -2.71. The van der Waals surface area contributed by atoms with Gasteiger partial charge in [0.15, 0.2) is 0 Å². The van der Waals surface area contributed by atoms with Crippen molar-refractivity contribution in [2.24, 2.45) is 13.0 Å². The minimum absolute atomic E-state index is 0.0771. The molecule has 0 spiro atoms. The molecule has 2 aliphatic rings. The van der Waals surface area contributed by atoms with E-state index in [0.717, 1.165) is 25.1 Å². The highest BCUT2D eigenvalue weighted by molar-refractivity contribution is 5.67. The van der Waals surface area contributed by atoms with Crippen LogP contribution in [0.2, 0.25) is 0 Å². The summed E-state index contributed by atoms with van der Waals surface area (Å²) in [6.07, 6.45) is 12.2. The third-order valence-electron chi connectivity index (χ3n) is 6.57. The first-order valence-electron chi connectivity index (χ1n) is 11.8. The fourth-order valence-electron chi connectivity index (χ4n) is 4.67. The molecular formula is C23H34N6O3. The summed E-state index contributed by atoms with van der Waals surface area (Å²) in [5.41, 5.74) is 2.57. The van der Waals surface area contributed by atoms with Crippen molar-refractivity contribution in [3.8, 4) is 17.3 Å². The van der Waals surface area contributed by atoms with Crippen molar-refractivity contribution in [1.29, 1.82) is 0 Å². The summed E-state index contributed by atoms with van der Waals surface area (Å²) < 4.78 is 13.3. The van der Waals surface area contributed by atoms with Crippen molar-refractivity contribution < 1.29 is 14.3 Å². The Morgan fingerprint density at radius 3 is 2.59 bits per heavy atom. The molecular weight excluding hydrogens is 408 g/mol. The van der Waals surface area contributed by atoms with E-state index in [4.69, 9.17) is 9.47 Å². The number of amides is 1. The topological polar surface area (TPSA) is 95.3 Å². The standard InChI is InChI=1S/C23H34N6O3/c1-16-22(32-18-11-5-4-6-12-18)24-13-19(25-16)21-20(29(3)27-26-21)15-31-23(30)28(2)14-17-9-7-8-10-17/h13,17-18H,4-12,14-15H2,1-3H3. The van der Waals surface area contributed by atoms with E-state index in [2.05, 4.69) is 20.3 Å². The molecule has 9 heteroatoms. The summed E-state index contributed by atoms with van der Waals surface area (Å²) >= 11 is 0.